The van der Waals surface area contributed by atoms with Gasteiger partial charge in [-0.15, -0.1) is 11.3 Å². The first-order chi connectivity index (χ1) is 13.9. The van der Waals surface area contributed by atoms with Gasteiger partial charge in [0.15, 0.2) is 5.13 Å². The average molecular weight is 414 g/mol. The van der Waals surface area contributed by atoms with E-state index in [4.69, 9.17) is 5.26 Å². The third-order valence-corrected chi connectivity index (χ3v) is 6.25. The molecule has 0 radical (unpaired) electrons. The number of hydrogen-bond acceptors (Lipinski definition) is 6. The third kappa shape index (κ3) is 5.31. The van der Waals surface area contributed by atoms with Crippen LogP contribution in [0.25, 0.3) is 0 Å². The standard InChI is InChI=1S/C21H27N5O2S/c1-13-5-4-8-26(10-13)11-16-12-29-21(24-16)25-19(27)7-6-17-14(2)18(9-22)20(28)23-15(17)3/h12-13H,4-8,10-11H2,1-3H3,(H,23,28)(H,24,25,27). The number of carbonyl (C=O) groups is 1. The van der Waals surface area contributed by atoms with E-state index >= 15 is 0 Å². The number of amides is 1. The molecule has 0 aromatic carbocycles. The van der Waals surface area contributed by atoms with Crippen LogP contribution in [0.15, 0.2) is 10.2 Å². The lowest BCUT2D eigenvalue weighted by atomic mass is 9.99. The molecule has 1 unspecified atom stereocenters. The van der Waals surface area contributed by atoms with Gasteiger partial charge in [0.1, 0.15) is 11.6 Å². The molecule has 2 aromatic heterocycles. The zero-order valence-corrected chi connectivity index (χ0v) is 18.0. The summed E-state index contributed by atoms with van der Waals surface area (Å²) < 4.78 is 0. The maximum absolute atomic E-state index is 12.4. The fourth-order valence-electron chi connectivity index (χ4n) is 3.94. The SMILES string of the molecule is Cc1[nH]c(=O)c(C#N)c(C)c1CCC(=O)Nc1nc(CN2CCCC(C)C2)cs1. The van der Waals surface area contributed by atoms with Crippen LogP contribution in [0.1, 0.15) is 54.3 Å². The van der Waals surface area contributed by atoms with Gasteiger partial charge in [-0.2, -0.15) is 5.26 Å². The Kier molecular flexibility index (Phi) is 6.83. The van der Waals surface area contributed by atoms with Crippen molar-refractivity contribution in [1.82, 2.24) is 14.9 Å². The maximum Gasteiger partial charge on any atom is 0.266 e. The maximum atomic E-state index is 12.4. The summed E-state index contributed by atoms with van der Waals surface area (Å²) in [6.45, 7) is 8.85. The first kappa shape index (κ1) is 21.2. The van der Waals surface area contributed by atoms with E-state index in [0.717, 1.165) is 36.8 Å². The predicted molar refractivity (Wildman–Crippen MR) is 114 cm³/mol. The lowest BCUT2D eigenvalue weighted by Gasteiger charge is -2.30. The lowest BCUT2D eigenvalue weighted by Crippen LogP contribution is -2.33. The number of nitrogens with one attached hydrogen (secondary N) is 2. The van der Waals surface area contributed by atoms with Crippen molar-refractivity contribution in [3.63, 3.8) is 0 Å². The van der Waals surface area contributed by atoms with Gasteiger partial charge in [0.25, 0.3) is 5.56 Å². The molecule has 1 saturated heterocycles. The molecule has 8 heteroatoms. The van der Waals surface area contributed by atoms with Gasteiger partial charge in [0.05, 0.1) is 5.69 Å². The third-order valence-electron chi connectivity index (χ3n) is 5.45. The van der Waals surface area contributed by atoms with E-state index in [1.807, 2.05) is 11.4 Å². The number of nitriles is 1. The minimum atomic E-state index is -0.380. The fraction of sp³-hybridized carbons (Fsp3) is 0.524. The molecule has 1 atom stereocenters. The predicted octanol–water partition coefficient (Wildman–Crippen LogP) is 3.12. The topological polar surface area (TPSA) is 102 Å². The number of anilines is 1. The number of carbonyl (C=O) groups excluding carboxylic acids is 1. The number of H-pyrrole nitrogens is 1. The number of aryl methyl sites for hydroxylation is 1. The van der Waals surface area contributed by atoms with E-state index in [-0.39, 0.29) is 23.5 Å². The largest absolute Gasteiger partial charge is 0.325 e. The van der Waals surface area contributed by atoms with Crippen molar-refractivity contribution < 1.29 is 4.79 Å². The Morgan fingerprint density at radius 3 is 3.00 bits per heavy atom. The molecule has 0 bridgehead atoms. The van der Waals surface area contributed by atoms with Crippen LogP contribution in [-0.4, -0.2) is 33.9 Å². The Hall–Kier alpha value is -2.50. The number of thiazole rings is 1. The van der Waals surface area contributed by atoms with Crippen LogP contribution in [0.2, 0.25) is 0 Å². The summed E-state index contributed by atoms with van der Waals surface area (Å²) in [5.41, 5.74) is 2.91. The summed E-state index contributed by atoms with van der Waals surface area (Å²) >= 11 is 1.44. The van der Waals surface area contributed by atoms with Crippen LogP contribution in [0.4, 0.5) is 5.13 Å². The van der Waals surface area contributed by atoms with Gasteiger partial charge in [-0.1, -0.05) is 6.92 Å². The quantitative estimate of drug-likeness (QED) is 0.757. The Balaban J connectivity index is 1.56. The van der Waals surface area contributed by atoms with Gasteiger partial charge >= 0.3 is 0 Å². The second-order valence-electron chi connectivity index (χ2n) is 7.84. The van der Waals surface area contributed by atoms with Crippen LogP contribution >= 0.6 is 11.3 Å². The molecule has 1 amide bonds. The van der Waals surface area contributed by atoms with E-state index in [1.54, 1.807) is 13.8 Å². The number of pyridine rings is 1. The molecule has 1 aliphatic rings. The number of rotatable bonds is 6. The molecular formula is C21H27N5O2S. The van der Waals surface area contributed by atoms with Crippen molar-refractivity contribution in [3.05, 3.63) is 43.8 Å². The van der Waals surface area contributed by atoms with Gasteiger partial charge < -0.3 is 10.3 Å². The second kappa shape index (κ2) is 9.33. The van der Waals surface area contributed by atoms with Crippen LogP contribution < -0.4 is 10.9 Å². The van der Waals surface area contributed by atoms with Crippen molar-refractivity contribution in [2.24, 2.45) is 5.92 Å². The van der Waals surface area contributed by atoms with Crippen molar-refractivity contribution in [2.45, 2.75) is 53.0 Å². The number of aromatic nitrogens is 2. The molecule has 7 nitrogen and oxygen atoms in total. The molecule has 2 N–H and O–H groups in total. The van der Waals surface area contributed by atoms with Gasteiger partial charge in [-0.05, 0) is 56.7 Å². The van der Waals surface area contributed by atoms with Gasteiger partial charge in [-0.3, -0.25) is 14.5 Å². The van der Waals surface area contributed by atoms with Gasteiger partial charge in [0, 0.05) is 30.6 Å². The number of hydrogen-bond donors (Lipinski definition) is 2. The summed E-state index contributed by atoms with van der Waals surface area (Å²) in [5.74, 6) is 0.601. The number of likely N-dealkylation sites (tertiary alicyclic amines) is 1. The first-order valence-corrected chi connectivity index (χ1v) is 10.8. The highest BCUT2D eigenvalue weighted by Gasteiger charge is 2.18. The van der Waals surface area contributed by atoms with E-state index in [9.17, 15) is 9.59 Å². The molecular weight excluding hydrogens is 386 g/mol. The van der Waals surface area contributed by atoms with E-state index in [2.05, 4.69) is 27.1 Å². The Labute approximate surface area is 174 Å². The lowest BCUT2D eigenvalue weighted by molar-refractivity contribution is -0.116. The van der Waals surface area contributed by atoms with Crippen molar-refractivity contribution in [1.29, 1.82) is 5.26 Å². The zero-order valence-electron chi connectivity index (χ0n) is 17.2. The van der Waals surface area contributed by atoms with Crippen LogP contribution in [0, 0.1) is 31.1 Å². The molecule has 0 saturated carbocycles. The van der Waals surface area contributed by atoms with Crippen molar-refractivity contribution in [2.75, 3.05) is 18.4 Å². The summed E-state index contributed by atoms with van der Waals surface area (Å²) in [6.07, 6.45) is 3.24. The monoisotopic (exact) mass is 413 g/mol. The van der Waals surface area contributed by atoms with Gasteiger partial charge in [-0.25, -0.2) is 4.98 Å². The second-order valence-corrected chi connectivity index (χ2v) is 8.70. The minimum absolute atomic E-state index is 0.114. The van der Waals surface area contributed by atoms with Crippen LogP contribution in [0.5, 0.6) is 0 Å². The molecule has 1 fully saturated rings. The first-order valence-electron chi connectivity index (χ1n) is 9.96. The van der Waals surface area contributed by atoms with Crippen LogP contribution in [0.3, 0.4) is 0 Å². The summed E-state index contributed by atoms with van der Waals surface area (Å²) in [5, 5.41) is 14.6. The van der Waals surface area contributed by atoms with E-state index in [1.165, 1.54) is 24.2 Å². The normalized spacial score (nSPS) is 17.1. The van der Waals surface area contributed by atoms with Crippen molar-refractivity contribution >= 4 is 22.4 Å². The fourth-order valence-corrected chi connectivity index (χ4v) is 4.65. The van der Waals surface area contributed by atoms with Crippen molar-refractivity contribution in [3.8, 4) is 6.07 Å². The Bertz CT molecular complexity index is 988. The van der Waals surface area contributed by atoms with E-state index < -0.39 is 0 Å². The Morgan fingerprint density at radius 2 is 2.28 bits per heavy atom. The molecule has 3 heterocycles. The highest BCUT2D eigenvalue weighted by molar-refractivity contribution is 7.13. The summed E-state index contributed by atoms with van der Waals surface area (Å²) in [7, 11) is 0. The number of piperidine rings is 1. The summed E-state index contributed by atoms with van der Waals surface area (Å²) in [6, 6.07) is 1.94. The van der Waals surface area contributed by atoms with Gasteiger partial charge in [0.2, 0.25) is 5.91 Å². The Morgan fingerprint density at radius 1 is 1.48 bits per heavy atom. The zero-order chi connectivity index (χ0) is 21.0. The highest BCUT2D eigenvalue weighted by Crippen LogP contribution is 2.21. The summed E-state index contributed by atoms with van der Waals surface area (Å²) in [4.78, 5) is 33.9. The number of nitrogens with zero attached hydrogens (tertiary/aromatic N) is 3. The molecule has 0 spiro atoms. The van der Waals surface area contributed by atoms with Crippen LogP contribution in [-0.2, 0) is 17.8 Å². The molecule has 1 aliphatic heterocycles. The molecule has 2 aromatic rings. The molecule has 3 rings (SSSR count). The minimum Gasteiger partial charge on any atom is -0.325 e. The molecule has 0 aliphatic carbocycles. The number of aromatic amines is 1. The smallest absolute Gasteiger partial charge is 0.266 e. The highest BCUT2D eigenvalue weighted by atomic mass is 32.1. The molecule has 29 heavy (non-hydrogen) atoms. The van der Waals surface area contributed by atoms with E-state index in [0.29, 0.717) is 22.8 Å². The molecule has 154 valence electrons. The average Bonchev–Trinajstić information content (AvgIpc) is 3.08.